The summed E-state index contributed by atoms with van der Waals surface area (Å²) in [6.07, 6.45) is -3.41. The molecule has 2 aromatic carbocycles. The van der Waals surface area contributed by atoms with E-state index in [0.29, 0.717) is 10.7 Å². The van der Waals surface area contributed by atoms with Crippen molar-refractivity contribution in [3.63, 3.8) is 0 Å². The van der Waals surface area contributed by atoms with Crippen LogP contribution in [0, 0.1) is 0 Å². The Morgan fingerprint density at radius 2 is 1.88 bits per heavy atom. The largest absolute Gasteiger partial charge is 0.588 e. The first kappa shape index (κ1) is 24.1. The van der Waals surface area contributed by atoms with E-state index in [2.05, 4.69) is 25.0 Å². The van der Waals surface area contributed by atoms with Gasteiger partial charge in [-0.25, -0.2) is 20.2 Å². The van der Waals surface area contributed by atoms with E-state index in [1.54, 1.807) is 24.3 Å². The first-order valence-corrected chi connectivity index (χ1v) is 11.0. The zero-order chi connectivity index (χ0) is 23.3. The molecule has 13 heteroatoms. The number of alkyl halides is 3. The molecule has 0 aliphatic rings. The number of rotatable bonds is 7. The highest BCUT2D eigenvalue weighted by atomic mass is 35.5. The number of hydrogen-bond acceptors (Lipinski definition) is 7. The van der Waals surface area contributed by atoms with E-state index in [1.165, 1.54) is 37.3 Å². The summed E-state index contributed by atoms with van der Waals surface area (Å²) in [5.41, 5.74) is 1.66. The van der Waals surface area contributed by atoms with Crippen molar-refractivity contribution >= 4 is 46.3 Å². The van der Waals surface area contributed by atoms with Crippen LogP contribution in [0.25, 0.3) is 0 Å². The maximum Gasteiger partial charge on any atom is 0.418 e. The maximum absolute atomic E-state index is 13.0. The summed E-state index contributed by atoms with van der Waals surface area (Å²) in [6, 6.07) is 11.2. The first-order valence-electron chi connectivity index (χ1n) is 8.66. The average molecular weight is 503 g/mol. The predicted octanol–water partition coefficient (Wildman–Crippen LogP) is 4.73. The second-order valence-corrected chi connectivity index (χ2v) is 8.73. The zero-order valence-corrected chi connectivity index (χ0v) is 18.5. The number of nitrogens with zero attached hydrogens (tertiary/aromatic N) is 2. The van der Waals surface area contributed by atoms with E-state index in [1.807, 2.05) is 0 Å². The molecule has 168 valence electrons. The van der Waals surface area contributed by atoms with Gasteiger partial charge in [0, 0.05) is 17.0 Å². The molecule has 0 fully saturated rings. The molecule has 3 aromatic rings. The topological polar surface area (TPSA) is 99.2 Å². The van der Waals surface area contributed by atoms with Gasteiger partial charge in [-0.1, -0.05) is 23.4 Å². The highest BCUT2D eigenvalue weighted by Crippen LogP contribution is 2.36. The molecule has 1 amide bonds. The summed E-state index contributed by atoms with van der Waals surface area (Å²) in [5.74, 6) is -0.519. The van der Waals surface area contributed by atoms with Crippen molar-refractivity contribution in [3.8, 4) is 0 Å². The Labute approximate surface area is 193 Å². The molecule has 7 nitrogen and oxygen atoms in total. The lowest BCUT2D eigenvalue weighted by Crippen LogP contribution is -2.22. The minimum atomic E-state index is -4.65. The van der Waals surface area contributed by atoms with Gasteiger partial charge in [0.2, 0.25) is 0 Å². The molecule has 0 aliphatic carbocycles. The zero-order valence-electron chi connectivity index (χ0n) is 16.1. The van der Waals surface area contributed by atoms with Crippen LogP contribution in [0.5, 0.6) is 0 Å². The van der Waals surface area contributed by atoms with Crippen molar-refractivity contribution in [2.45, 2.75) is 21.0 Å². The standard InChI is InChI=1S/C19H14ClF3N4O3S2/c1-30-26-18(28)16-9-17(25-10-24-16)31-12-4-2-11(3-5-12)27-32(29)13-6-7-15(20)14(8-13)19(21,22)23/h2-10,27H,1H3,(H,26,28). The van der Waals surface area contributed by atoms with Crippen LogP contribution in [0.15, 0.2) is 69.7 Å². The Kier molecular flexibility index (Phi) is 7.85. The van der Waals surface area contributed by atoms with Gasteiger partial charge in [-0.3, -0.25) is 9.63 Å². The molecule has 0 bridgehead atoms. The summed E-state index contributed by atoms with van der Waals surface area (Å²) in [5, 5.41) is 0.0404. The van der Waals surface area contributed by atoms with Crippen molar-refractivity contribution in [1.82, 2.24) is 15.4 Å². The number of halogens is 4. The molecular weight excluding hydrogens is 489 g/mol. The summed E-state index contributed by atoms with van der Waals surface area (Å²) < 4.78 is 54.1. The van der Waals surface area contributed by atoms with Crippen LogP contribution in [0.3, 0.4) is 0 Å². The number of anilines is 1. The van der Waals surface area contributed by atoms with E-state index in [4.69, 9.17) is 11.6 Å². The maximum atomic E-state index is 13.0. The number of benzene rings is 2. The molecule has 2 N–H and O–H groups in total. The summed E-state index contributed by atoms with van der Waals surface area (Å²) in [6.45, 7) is 0. The van der Waals surface area contributed by atoms with E-state index in [-0.39, 0.29) is 10.6 Å². The average Bonchev–Trinajstić information content (AvgIpc) is 2.75. The molecule has 0 aliphatic heterocycles. The molecule has 0 spiro atoms. The van der Waals surface area contributed by atoms with Gasteiger partial charge in [0.05, 0.1) is 23.4 Å². The third kappa shape index (κ3) is 6.26. The van der Waals surface area contributed by atoms with Crippen LogP contribution in [0.2, 0.25) is 5.02 Å². The van der Waals surface area contributed by atoms with Crippen LogP contribution in [0.1, 0.15) is 16.1 Å². The Bertz CT molecular complexity index is 1100. The molecule has 1 unspecified atom stereocenters. The highest BCUT2D eigenvalue weighted by Gasteiger charge is 2.34. The van der Waals surface area contributed by atoms with Gasteiger partial charge in [-0.15, -0.1) is 0 Å². The van der Waals surface area contributed by atoms with E-state index in [0.717, 1.165) is 17.0 Å². The number of carbonyl (C=O) groups is 1. The van der Waals surface area contributed by atoms with Gasteiger partial charge in [0.25, 0.3) is 5.91 Å². The van der Waals surface area contributed by atoms with Gasteiger partial charge < -0.3 is 4.55 Å². The monoisotopic (exact) mass is 502 g/mol. The number of carbonyl (C=O) groups excluding carboxylic acids is 1. The van der Waals surface area contributed by atoms with Crippen LogP contribution >= 0.6 is 23.4 Å². The summed E-state index contributed by atoms with van der Waals surface area (Å²) >= 11 is 4.91. The number of hydroxylamine groups is 1. The fourth-order valence-corrected chi connectivity index (χ4v) is 4.27. The van der Waals surface area contributed by atoms with E-state index in [9.17, 15) is 22.5 Å². The SMILES string of the molecule is CONC(=O)c1cc(Sc2ccc(N[S+]([O-])c3ccc(Cl)c(C(F)(F)F)c3)cc2)ncn1. The Hall–Kier alpha value is -2.51. The minimum Gasteiger partial charge on any atom is -0.588 e. The lowest BCUT2D eigenvalue weighted by atomic mass is 10.2. The van der Waals surface area contributed by atoms with Crippen molar-refractivity contribution in [2.75, 3.05) is 11.8 Å². The normalized spacial score (nSPS) is 12.3. The lowest BCUT2D eigenvalue weighted by Gasteiger charge is -2.14. The number of nitrogens with one attached hydrogen (secondary N) is 2. The molecule has 3 rings (SSSR count). The number of amides is 1. The Balaban J connectivity index is 1.68. The lowest BCUT2D eigenvalue weighted by molar-refractivity contribution is -0.137. The predicted molar refractivity (Wildman–Crippen MR) is 114 cm³/mol. The van der Waals surface area contributed by atoms with E-state index >= 15 is 0 Å². The minimum absolute atomic E-state index is 0.0666. The second-order valence-electron chi connectivity index (χ2n) is 6.01. The Morgan fingerprint density at radius 3 is 2.53 bits per heavy atom. The van der Waals surface area contributed by atoms with Gasteiger partial charge in [-0.2, -0.15) is 13.2 Å². The van der Waals surface area contributed by atoms with Gasteiger partial charge in [-0.05, 0) is 36.4 Å². The van der Waals surface area contributed by atoms with Crippen LogP contribution in [-0.4, -0.2) is 27.5 Å². The van der Waals surface area contributed by atoms with Crippen molar-refractivity contribution in [2.24, 2.45) is 0 Å². The fourth-order valence-electron chi connectivity index (χ4n) is 2.38. The first-order chi connectivity index (χ1) is 15.2. The highest BCUT2D eigenvalue weighted by molar-refractivity contribution is 7.99. The molecule has 0 saturated carbocycles. The molecular formula is C19H14ClF3N4O3S2. The molecule has 32 heavy (non-hydrogen) atoms. The quantitative estimate of drug-likeness (QED) is 0.274. The van der Waals surface area contributed by atoms with Crippen molar-refractivity contribution in [1.29, 1.82) is 0 Å². The summed E-state index contributed by atoms with van der Waals surface area (Å²) in [4.78, 5) is 25.0. The van der Waals surface area contributed by atoms with Gasteiger partial charge in [0.1, 0.15) is 28.4 Å². The fraction of sp³-hybridized carbons (Fsp3) is 0.105. The smallest absolute Gasteiger partial charge is 0.418 e. The number of aromatic nitrogens is 2. The van der Waals surface area contributed by atoms with E-state index < -0.39 is 34.0 Å². The van der Waals surface area contributed by atoms with Gasteiger partial charge >= 0.3 is 6.18 Å². The summed E-state index contributed by atoms with van der Waals surface area (Å²) in [7, 11) is 1.31. The third-order valence-electron chi connectivity index (χ3n) is 3.81. The molecule has 0 saturated heterocycles. The van der Waals surface area contributed by atoms with Crippen LogP contribution < -0.4 is 10.2 Å². The molecule has 1 aromatic heterocycles. The van der Waals surface area contributed by atoms with Gasteiger partial charge in [0.15, 0.2) is 4.90 Å². The molecule has 1 atom stereocenters. The number of hydrogen-bond donors (Lipinski definition) is 2. The van der Waals surface area contributed by atoms with Crippen LogP contribution in [-0.2, 0) is 22.4 Å². The third-order valence-corrected chi connectivity index (χ3v) is 6.19. The second kappa shape index (κ2) is 10.4. The van der Waals surface area contributed by atoms with Crippen molar-refractivity contribution < 1.29 is 27.4 Å². The molecule has 0 radical (unpaired) electrons. The molecule has 1 heterocycles. The van der Waals surface area contributed by atoms with Crippen molar-refractivity contribution in [3.05, 3.63) is 71.1 Å². The Morgan fingerprint density at radius 1 is 1.16 bits per heavy atom. The van der Waals surface area contributed by atoms with Crippen LogP contribution in [0.4, 0.5) is 18.9 Å².